The van der Waals surface area contributed by atoms with Gasteiger partial charge in [-0.05, 0) is 24.1 Å². The SMILES string of the molecule is CCCCCN1C(=O)C(SC(C)C)=C(c2ccc(OC)cc2)C1=O. The fourth-order valence-corrected chi connectivity index (χ4v) is 3.64. The second-order valence-electron chi connectivity index (χ2n) is 6.07. The summed E-state index contributed by atoms with van der Waals surface area (Å²) in [5.41, 5.74) is 1.30. The molecule has 5 heteroatoms. The van der Waals surface area contributed by atoms with E-state index in [4.69, 9.17) is 4.74 Å². The first-order valence-corrected chi connectivity index (χ1v) is 9.29. The van der Waals surface area contributed by atoms with Crippen LogP contribution in [0, 0.1) is 0 Å². The molecule has 0 spiro atoms. The number of imide groups is 1. The van der Waals surface area contributed by atoms with Gasteiger partial charge in [0.25, 0.3) is 11.8 Å². The highest BCUT2D eigenvalue weighted by Gasteiger charge is 2.39. The zero-order valence-corrected chi connectivity index (χ0v) is 15.6. The number of rotatable bonds is 8. The van der Waals surface area contributed by atoms with Crippen molar-refractivity contribution in [1.82, 2.24) is 4.90 Å². The summed E-state index contributed by atoms with van der Waals surface area (Å²) < 4.78 is 5.17. The molecule has 0 saturated heterocycles. The first kappa shape index (κ1) is 18.6. The van der Waals surface area contributed by atoms with Crippen LogP contribution in [0.25, 0.3) is 5.57 Å². The lowest BCUT2D eigenvalue weighted by molar-refractivity contribution is -0.136. The molecule has 0 radical (unpaired) electrons. The van der Waals surface area contributed by atoms with E-state index in [1.54, 1.807) is 7.11 Å². The van der Waals surface area contributed by atoms with Crippen molar-refractivity contribution in [2.45, 2.75) is 45.3 Å². The van der Waals surface area contributed by atoms with E-state index in [1.165, 1.54) is 16.7 Å². The van der Waals surface area contributed by atoms with Crippen LogP contribution in [0.4, 0.5) is 0 Å². The van der Waals surface area contributed by atoms with Gasteiger partial charge < -0.3 is 4.74 Å². The number of nitrogens with zero attached hydrogens (tertiary/aromatic N) is 1. The predicted molar refractivity (Wildman–Crippen MR) is 98.9 cm³/mol. The average Bonchev–Trinajstić information content (AvgIpc) is 2.79. The molecule has 1 aromatic carbocycles. The third-order valence-corrected chi connectivity index (χ3v) is 4.93. The molecule has 130 valence electrons. The molecule has 0 aliphatic carbocycles. The van der Waals surface area contributed by atoms with E-state index < -0.39 is 0 Å². The van der Waals surface area contributed by atoms with Crippen LogP contribution in [-0.2, 0) is 9.59 Å². The van der Waals surface area contributed by atoms with Crippen molar-refractivity contribution < 1.29 is 14.3 Å². The minimum atomic E-state index is -0.176. The number of carbonyl (C=O) groups is 2. The summed E-state index contributed by atoms with van der Waals surface area (Å²) in [5.74, 6) is 0.402. The van der Waals surface area contributed by atoms with E-state index in [2.05, 4.69) is 6.92 Å². The van der Waals surface area contributed by atoms with E-state index in [9.17, 15) is 9.59 Å². The summed E-state index contributed by atoms with van der Waals surface area (Å²) in [4.78, 5) is 27.6. The van der Waals surface area contributed by atoms with Crippen LogP contribution in [0.2, 0.25) is 0 Å². The second kappa shape index (κ2) is 8.38. The van der Waals surface area contributed by atoms with Gasteiger partial charge in [-0.15, -0.1) is 11.8 Å². The third-order valence-electron chi connectivity index (χ3n) is 3.84. The van der Waals surface area contributed by atoms with Gasteiger partial charge in [-0.3, -0.25) is 14.5 Å². The minimum Gasteiger partial charge on any atom is -0.497 e. The Morgan fingerprint density at radius 3 is 2.29 bits per heavy atom. The van der Waals surface area contributed by atoms with Crippen molar-refractivity contribution in [3.05, 3.63) is 34.7 Å². The van der Waals surface area contributed by atoms with Crippen LogP contribution in [0.3, 0.4) is 0 Å². The molecule has 2 rings (SSSR count). The van der Waals surface area contributed by atoms with Crippen molar-refractivity contribution >= 4 is 29.1 Å². The number of unbranched alkanes of at least 4 members (excludes halogenated alkanes) is 2. The lowest BCUT2D eigenvalue weighted by Crippen LogP contribution is -2.32. The van der Waals surface area contributed by atoms with Gasteiger partial charge in [-0.25, -0.2) is 0 Å². The number of thioether (sulfide) groups is 1. The molecule has 1 aliphatic heterocycles. The lowest BCUT2D eigenvalue weighted by atomic mass is 10.1. The van der Waals surface area contributed by atoms with Gasteiger partial charge in [-0.2, -0.15) is 0 Å². The highest BCUT2D eigenvalue weighted by molar-refractivity contribution is 8.04. The number of carbonyl (C=O) groups excluding carboxylic acids is 2. The maximum atomic E-state index is 12.9. The van der Waals surface area contributed by atoms with Crippen LogP contribution in [0.5, 0.6) is 5.75 Å². The van der Waals surface area contributed by atoms with Gasteiger partial charge in [0.15, 0.2) is 0 Å². The monoisotopic (exact) mass is 347 g/mol. The lowest BCUT2D eigenvalue weighted by Gasteiger charge is -2.15. The Labute approximate surface area is 148 Å². The highest BCUT2D eigenvalue weighted by atomic mass is 32.2. The standard InChI is InChI=1S/C19H25NO3S/c1-5-6-7-12-20-18(21)16(17(19(20)22)24-13(2)3)14-8-10-15(23-4)11-9-14/h8-11,13H,5-7,12H2,1-4H3. The smallest absolute Gasteiger partial charge is 0.267 e. The maximum Gasteiger partial charge on any atom is 0.267 e. The average molecular weight is 347 g/mol. The summed E-state index contributed by atoms with van der Waals surface area (Å²) in [7, 11) is 1.61. The first-order chi connectivity index (χ1) is 11.5. The Bertz CT molecular complexity index is 635. The fraction of sp³-hybridized carbons (Fsp3) is 0.474. The van der Waals surface area contributed by atoms with Gasteiger partial charge in [0.05, 0.1) is 17.6 Å². The molecule has 1 heterocycles. The van der Waals surface area contributed by atoms with Gasteiger partial charge in [0.2, 0.25) is 0 Å². The Morgan fingerprint density at radius 1 is 1.08 bits per heavy atom. The molecule has 0 N–H and O–H groups in total. The molecule has 0 aromatic heterocycles. The molecule has 2 amide bonds. The number of hydrogen-bond acceptors (Lipinski definition) is 4. The predicted octanol–water partition coefficient (Wildman–Crippen LogP) is 4.11. The van der Waals surface area contributed by atoms with Gasteiger partial charge in [-0.1, -0.05) is 45.7 Å². The van der Waals surface area contributed by atoms with E-state index in [1.807, 2.05) is 38.1 Å². The molecule has 0 atom stereocenters. The quantitative estimate of drug-likeness (QED) is 0.524. The molecule has 0 bridgehead atoms. The van der Waals surface area contributed by atoms with Crippen molar-refractivity contribution in [1.29, 1.82) is 0 Å². The highest BCUT2D eigenvalue weighted by Crippen LogP contribution is 2.38. The second-order valence-corrected chi connectivity index (χ2v) is 7.66. The Morgan fingerprint density at radius 2 is 1.75 bits per heavy atom. The van der Waals surface area contributed by atoms with Gasteiger partial charge >= 0.3 is 0 Å². The summed E-state index contributed by atoms with van der Waals surface area (Å²) in [6.45, 7) is 6.66. The molecule has 0 saturated carbocycles. The fourth-order valence-electron chi connectivity index (χ4n) is 2.63. The largest absolute Gasteiger partial charge is 0.497 e. The molecule has 24 heavy (non-hydrogen) atoms. The van der Waals surface area contributed by atoms with E-state index >= 15 is 0 Å². The Kier molecular flexibility index (Phi) is 6.49. The zero-order valence-electron chi connectivity index (χ0n) is 14.8. The van der Waals surface area contributed by atoms with Gasteiger partial charge in [0.1, 0.15) is 5.75 Å². The summed E-state index contributed by atoms with van der Waals surface area (Å²) >= 11 is 1.47. The Hall–Kier alpha value is -1.75. The molecule has 4 nitrogen and oxygen atoms in total. The van der Waals surface area contributed by atoms with Crippen LogP contribution in [0.15, 0.2) is 29.2 Å². The number of hydrogen-bond donors (Lipinski definition) is 0. The minimum absolute atomic E-state index is 0.152. The summed E-state index contributed by atoms with van der Waals surface area (Å²) in [6.07, 6.45) is 2.92. The normalized spacial score (nSPS) is 15.0. The number of amides is 2. The van der Waals surface area contributed by atoms with Crippen molar-refractivity contribution in [2.24, 2.45) is 0 Å². The molecular weight excluding hydrogens is 322 g/mol. The molecule has 0 unspecified atom stereocenters. The summed E-state index contributed by atoms with van der Waals surface area (Å²) in [6, 6.07) is 7.32. The molecule has 1 aliphatic rings. The van der Waals surface area contributed by atoms with E-state index in [-0.39, 0.29) is 17.1 Å². The van der Waals surface area contributed by atoms with E-state index in [0.717, 1.165) is 30.6 Å². The molecular formula is C19H25NO3S. The van der Waals surface area contributed by atoms with Crippen LogP contribution in [0.1, 0.15) is 45.6 Å². The maximum absolute atomic E-state index is 12.9. The topological polar surface area (TPSA) is 46.6 Å². The van der Waals surface area contributed by atoms with Crippen LogP contribution < -0.4 is 4.74 Å². The van der Waals surface area contributed by atoms with Crippen LogP contribution in [-0.4, -0.2) is 35.6 Å². The van der Waals surface area contributed by atoms with E-state index in [0.29, 0.717) is 17.0 Å². The number of methoxy groups -OCH3 is 1. The molecule has 0 fully saturated rings. The number of ether oxygens (including phenoxy) is 1. The van der Waals surface area contributed by atoms with Crippen molar-refractivity contribution in [2.75, 3.05) is 13.7 Å². The summed E-state index contributed by atoms with van der Waals surface area (Å²) in [5, 5.41) is 0.237. The van der Waals surface area contributed by atoms with Crippen molar-refractivity contribution in [3.8, 4) is 5.75 Å². The number of benzene rings is 1. The first-order valence-electron chi connectivity index (χ1n) is 8.41. The molecule has 1 aromatic rings. The zero-order chi connectivity index (χ0) is 17.7. The van der Waals surface area contributed by atoms with Crippen molar-refractivity contribution in [3.63, 3.8) is 0 Å². The third kappa shape index (κ3) is 4.01. The van der Waals surface area contributed by atoms with Gasteiger partial charge in [0, 0.05) is 11.8 Å². The Balaban J connectivity index is 2.35. The van der Waals surface area contributed by atoms with Crippen LogP contribution >= 0.6 is 11.8 Å².